The van der Waals surface area contributed by atoms with Crippen LogP contribution in [0.25, 0.3) is 0 Å². The lowest BCUT2D eigenvalue weighted by atomic mass is 10.0. The van der Waals surface area contributed by atoms with Gasteiger partial charge in [0.25, 0.3) is 0 Å². The van der Waals surface area contributed by atoms with E-state index in [0.29, 0.717) is 25.6 Å². The Balaban J connectivity index is 0.00000187. The van der Waals surface area contributed by atoms with Gasteiger partial charge in [0.2, 0.25) is 0 Å². The van der Waals surface area contributed by atoms with Crippen LogP contribution in [0.15, 0.2) is 72.8 Å². The van der Waals surface area contributed by atoms with Crippen molar-refractivity contribution in [3.8, 4) is 11.5 Å². The summed E-state index contributed by atoms with van der Waals surface area (Å²) in [5, 5.41) is 9.15. The summed E-state index contributed by atoms with van der Waals surface area (Å²) in [6.45, 7) is 12.3. The van der Waals surface area contributed by atoms with E-state index in [1.807, 2.05) is 50.2 Å². The van der Waals surface area contributed by atoms with Crippen molar-refractivity contribution in [2.45, 2.75) is 60.0 Å². The van der Waals surface area contributed by atoms with Crippen molar-refractivity contribution in [1.82, 2.24) is 4.90 Å². The quantitative estimate of drug-likeness (QED) is 0.351. The molecule has 0 spiro atoms. The fraction of sp³-hybridized carbons (Fsp3) is 0.345. The Hall–Kier alpha value is -3.11. The Morgan fingerprint density at radius 1 is 0.879 bits per heavy atom. The first-order valence-electron chi connectivity index (χ1n) is 11.8. The van der Waals surface area contributed by atoms with Gasteiger partial charge in [-0.1, -0.05) is 81.8 Å². The van der Waals surface area contributed by atoms with Crippen molar-refractivity contribution in [3.63, 3.8) is 0 Å². The molecule has 0 radical (unpaired) electrons. The van der Waals surface area contributed by atoms with Gasteiger partial charge in [-0.3, -0.25) is 9.69 Å². The van der Waals surface area contributed by atoms with E-state index in [1.165, 1.54) is 16.7 Å². The minimum Gasteiger partial charge on any atom is -0.481 e. The third-order valence-electron chi connectivity index (χ3n) is 5.22. The van der Waals surface area contributed by atoms with Gasteiger partial charge in [0.1, 0.15) is 11.5 Å². The maximum atomic E-state index is 11.1. The number of aryl methyl sites for hydroxylation is 1. The topological polar surface area (TPSA) is 49.8 Å². The van der Waals surface area contributed by atoms with Gasteiger partial charge in [0.15, 0.2) is 0 Å². The molecule has 0 bridgehead atoms. The number of ether oxygens (including phenoxy) is 1. The predicted octanol–water partition coefficient (Wildman–Crippen LogP) is 7.41. The fourth-order valence-electron chi connectivity index (χ4n) is 3.56. The highest BCUT2D eigenvalue weighted by atomic mass is 16.5. The number of hydrogen-bond donors (Lipinski definition) is 1. The molecule has 4 nitrogen and oxygen atoms in total. The van der Waals surface area contributed by atoms with Crippen LogP contribution in [-0.4, -0.2) is 22.5 Å². The van der Waals surface area contributed by atoms with Gasteiger partial charge in [-0.05, 0) is 53.8 Å². The average Bonchev–Trinajstić information content (AvgIpc) is 2.79. The molecular formula is C29H37NO3. The van der Waals surface area contributed by atoms with Crippen LogP contribution in [0.1, 0.15) is 62.3 Å². The summed E-state index contributed by atoms with van der Waals surface area (Å²) in [4.78, 5) is 13.3. The van der Waals surface area contributed by atoms with Crippen molar-refractivity contribution in [2.75, 3.05) is 6.54 Å². The Bertz CT molecular complexity index is 996. The average molecular weight is 448 g/mol. The number of carbonyl (C=O) groups is 1. The number of carboxylic acid groups (broad SMARTS) is 1. The molecule has 33 heavy (non-hydrogen) atoms. The van der Waals surface area contributed by atoms with Crippen LogP contribution in [0.5, 0.6) is 11.5 Å². The van der Waals surface area contributed by atoms with E-state index < -0.39 is 5.97 Å². The highest BCUT2D eigenvalue weighted by Gasteiger charge is 2.11. The minimum absolute atomic E-state index is 0.115. The molecule has 0 aliphatic rings. The minimum atomic E-state index is -0.781. The standard InChI is InChI=1S/C27H31NO3.C2H6/c1-20(2)24-10-12-25(13-11-24)31-26-9-5-8-23(17-26)19-28(15-14-27(29)30)18-22-7-4-6-21(3)16-22;1-2/h4-13,16-17,20H,14-15,18-19H2,1-3H3,(H,29,30);1-2H3. The molecule has 0 aromatic heterocycles. The number of benzene rings is 3. The number of rotatable bonds is 10. The molecular weight excluding hydrogens is 410 g/mol. The second-order valence-corrected chi connectivity index (χ2v) is 8.32. The summed E-state index contributed by atoms with van der Waals surface area (Å²) in [5.41, 5.74) is 4.76. The molecule has 0 saturated carbocycles. The predicted molar refractivity (Wildman–Crippen MR) is 136 cm³/mol. The van der Waals surface area contributed by atoms with Crippen molar-refractivity contribution in [2.24, 2.45) is 0 Å². The second kappa shape index (κ2) is 13.4. The molecule has 0 amide bonds. The Morgan fingerprint density at radius 2 is 1.48 bits per heavy atom. The zero-order valence-corrected chi connectivity index (χ0v) is 20.5. The van der Waals surface area contributed by atoms with Crippen molar-refractivity contribution in [1.29, 1.82) is 0 Å². The lowest BCUT2D eigenvalue weighted by Crippen LogP contribution is -2.25. The number of nitrogens with zero attached hydrogens (tertiary/aromatic N) is 1. The Labute approximate surface area is 198 Å². The largest absolute Gasteiger partial charge is 0.481 e. The van der Waals surface area contributed by atoms with Crippen molar-refractivity contribution >= 4 is 5.97 Å². The first-order valence-corrected chi connectivity index (χ1v) is 11.8. The molecule has 0 unspecified atom stereocenters. The summed E-state index contributed by atoms with van der Waals surface area (Å²) in [5.74, 6) is 1.30. The molecule has 0 aliphatic carbocycles. The van der Waals surface area contributed by atoms with Crippen molar-refractivity contribution < 1.29 is 14.6 Å². The van der Waals surface area contributed by atoms with E-state index in [0.717, 1.165) is 17.1 Å². The van der Waals surface area contributed by atoms with E-state index in [2.05, 4.69) is 62.1 Å². The summed E-state index contributed by atoms with van der Waals surface area (Å²) >= 11 is 0. The van der Waals surface area contributed by atoms with Crippen LogP contribution >= 0.6 is 0 Å². The van der Waals surface area contributed by atoms with Gasteiger partial charge in [-0.25, -0.2) is 0 Å². The SMILES string of the molecule is CC.Cc1cccc(CN(CCC(=O)O)Cc2cccc(Oc3ccc(C(C)C)cc3)c2)c1. The van der Waals surface area contributed by atoms with Crippen LogP contribution in [0.4, 0.5) is 0 Å². The van der Waals surface area contributed by atoms with E-state index >= 15 is 0 Å². The lowest BCUT2D eigenvalue weighted by Gasteiger charge is -2.22. The van der Waals surface area contributed by atoms with Crippen molar-refractivity contribution in [3.05, 3.63) is 95.1 Å². The molecule has 3 aromatic rings. The third-order valence-corrected chi connectivity index (χ3v) is 5.22. The van der Waals surface area contributed by atoms with E-state index in [4.69, 9.17) is 9.84 Å². The molecule has 0 atom stereocenters. The molecule has 0 fully saturated rings. The molecule has 3 aromatic carbocycles. The van der Waals surface area contributed by atoms with Crippen LogP contribution in [0.2, 0.25) is 0 Å². The zero-order valence-electron chi connectivity index (χ0n) is 20.5. The molecule has 0 aliphatic heterocycles. The van der Waals surface area contributed by atoms with Gasteiger partial charge in [-0.2, -0.15) is 0 Å². The zero-order chi connectivity index (χ0) is 24.2. The first kappa shape index (κ1) is 26.1. The van der Waals surface area contributed by atoms with E-state index in [1.54, 1.807) is 0 Å². The molecule has 0 heterocycles. The number of carboxylic acids is 1. The van der Waals surface area contributed by atoms with Crippen LogP contribution in [-0.2, 0) is 17.9 Å². The highest BCUT2D eigenvalue weighted by molar-refractivity contribution is 5.66. The van der Waals surface area contributed by atoms with Gasteiger partial charge in [-0.15, -0.1) is 0 Å². The van der Waals surface area contributed by atoms with E-state index in [9.17, 15) is 4.79 Å². The maximum absolute atomic E-state index is 11.1. The number of aliphatic carboxylic acids is 1. The number of hydrogen-bond acceptors (Lipinski definition) is 3. The summed E-state index contributed by atoms with van der Waals surface area (Å²) in [6.07, 6.45) is 0.115. The fourth-order valence-corrected chi connectivity index (χ4v) is 3.56. The molecule has 4 heteroatoms. The van der Waals surface area contributed by atoms with Gasteiger partial charge in [0.05, 0.1) is 6.42 Å². The normalized spacial score (nSPS) is 10.6. The smallest absolute Gasteiger partial charge is 0.304 e. The van der Waals surface area contributed by atoms with E-state index in [-0.39, 0.29) is 6.42 Å². The Morgan fingerprint density at radius 3 is 2.06 bits per heavy atom. The lowest BCUT2D eigenvalue weighted by molar-refractivity contribution is -0.137. The monoisotopic (exact) mass is 447 g/mol. The molecule has 1 N–H and O–H groups in total. The second-order valence-electron chi connectivity index (χ2n) is 8.32. The summed E-state index contributed by atoms with van der Waals surface area (Å²) in [7, 11) is 0. The molecule has 176 valence electrons. The summed E-state index contributed by atoms with van der Waals surface area (Å²) in [6, 6.07) is 24.5. The summed E-state index contributed by atoms with van der Waals surface area (Å²) < 4.78 is 6.05. The van der Waals surface area contributed by atoms with Crippen LogP contribution < -0.4 is 4.74 Å². The van der Waals surface area contributed by atoms with Gasteiger partial charge < -0.3 is 9.84 Å². The van der Waals surface area contributed by atoms with Gasteiger partial charge in [0, 0.05) is 19.6 Å². The highest BCUT2D eigenvalue weighted by Crippen LogP contribution is 2.25. The Kier molecular flexibility index (Phi) is 10.6. The molecule has 3 rings (SSSR count). The van der Waals surface area contributed by atoms with Crippen LogP contribution in [0, 0.1) is 6.92 Å². The van der Waals surface area contributed by atoms with Gasteiger partial charge >= 0.3 is 5.97 Å². The maximum Gasteiger partial charge on any atom is 0.304 e. The van der Waals surface area contributed by atoms with Crippen LogP contribution in [0.3, 0.4) is 0 Å². The third kappa shape index (κ3) is 9.11. The molecule has 0 saturated heterocycles. The first-order chi connectivity index (χ1) is 15.9.